The van der Waals surface area contributed by atoms with Crippen molar-refractivity contribution in [2.24, 2.45) is 0 Å². The number of carbonyl (C=O) groups excluding carboxylic acids is 2. The van der Waals surface area contributed by atoms with Crippen molar-refractivity contribution in [2.45, 2.75) is 6.54 Å². The van der Waals surface area contributed by atoms with Crippen molar-refractivity contribution in [3.8, 4) is 0 Å². The topological polar surface area (TPSA) is 49.4 Å². The van der Waals surface area contributed by atoms with E-state index in [2.05, 4.69) is 5.32 Å². The molecule has 122 valence electrons. The van der Waals surface area contributed by atoms with E-state index in [0.29, 0.717) is 21.2 Å². The van der Waals surface area contributed by atoms with Gasteiger partial charge >= 0.3 is 6.03 Å². The molecule has 1 aliphatic rings. The molecule has 4 nitrogen and oxygen atoms in total. The minimum Gasteiger partial charge on any atom is -0.303 e. The number of imide groups is 1. The molecular weight excluding hydrogens is 354 g/mol. The van der Waals surface area contributed by atoms with Gasteiger partial charge in [0, 0.05) is 0 Å². The standard InChI is InChI=1S/C17H11Cl2FN2O2/c18-13-6-3-11(7-14(13)19)8-15-16(23)22(17(24)21-15)9-10-1-4-12(20)5-2-10/h1-8H,9H2,(H,21,24)/b15-8+. The monoisotopic (exact) mass is 364 g/mol. The van der Waals surface area contributed by atoms with Gasteiger partial charge in [0.1, 0.15) is 11.5 Å². The van der Waals surface area contributed by atoms with E-state index in [9.17, 15) is 14.0 Å². The predicted octanol–water partition coefficient (Wildman–Crippen LogP) is 4.23. The van der Waals surface area contributed by atoms with Crippen LogP contribution in [0, 0.1) is 5.82 Å². The van der Waals surface area contributed by atoms with E-state index in [1.807, 2.05) is 0 Å². The molecule has 1 heterocycles. The fourth-order valence-corrected chi connectivity index (χ4v) is 2.56. The largest absolute Gasteiger partial charge is 0.329 e. The van der Waals surface area contributed by atoms with Gasteiger partial charge in [-0.1, -0.05) is 41.4 Å². The Kier molecular flexibility index (Phi) is 4.55. The second-order valence-electron chi connectivity index (χ2n) is 5.18. The average Bonchev–Trinajstić information content (AvgIpc) is 2.80. The van der Waals surface area contributed by atoms with Crippen LogP contribution >= 0.6 is 23.2 Å². The normalized spacial score (nSPS) is 16.0. The first-order chi connectivity index (χ1) is 11.4. The molecule has 7 heteroatoms. The quantitative estimate of drug-likeness (QED) is 0.654. The van der Waals surface area contributed by atoms with Crippen LogP contribution in [0.25, 0.3) is 6.08 Å². The van der Waals surface area contributed by atoms with E-state index in [0.717, 1.165) is 4.90 Å². The van der Waals surface area contributed by atoms with E-state index in [1.54, 1.807) is 18.2 Å². The maximum atomic E-state index is 12.9. The summed E-state index contributed by atoms with van der Waals surface area (Å²) in [6, 6.07) is 9.96. The molecule has 0 spiro atoms. The molecule has 0 aliphatic carbocycles. The van der Waals surface area contributed by atoms with Crippen molar-refractivity contribution >= 4 is 41.2 Å². The van der Waals surface area contributed by atoms with Crippen molar-refractivity contribution in [3.63, 3.8) is 0 Å². The molecule has 0 unspecified atom stereocenters. The summed E-state index contributed by atoms with van der Waals surface area (Å²) in [6.07, 6.45) is 1.52. The third kappa shape index (κ3) is 3.42. The molecule has 0 atom stereocenters. The first kappa shape index (κ1) is 16.5. The fourth-order valence-electron chi connectivity index (χ4n) is 2.26. The predicted molar refractivity (Wildman–Crippen MR) is 89.9 cm³/mol. The highest BCUT2D eigenvalue weighted by molar-refractivity contribution is 6.42. The summed E-state index contributed by atoms with van der Waals surface area (Å²) in [5.74, 6) is -0.841. The van der Waals surface area contributed by atoms with Crippen LogP contribution in [0.3, 0.4) is 0 Å². The summed E-state index contributed by atoms with van der Waals surface area (Å²) in [5, 5.41) is 3.27. The van der Waals surface area contributed by atoms with Crippen LogP contribution in [0.2, 0.25) is 10.0 Å². The van der Waals surface area contributed by atoms with Crippen LogP contribution in [-0.4, -0.2) is 16.8 Å². The number of benzene rings is 2. The van der Waals surface area contributed by atoms with Gasteiger partial charge in [0.25, 0.3) is 5.91 Å². The Morgan fingerprint density at radius 2 is 1.75 bits per heavy atom. The van der Waals surface area contributed by atoms with Crippen LogP contribution in [0.15, 0.2) is 48.2 Å². The number of hydrogen-bond donors (Lipinski definition) is 1. The summed E-state index contributed by atoms with van der Waals surface area (Å²) in [7, 11) is 0. The van der Waals surface area contributed by atoms with E-state index in [1.165, 1.54) is 30.3 Å². The van der Waals surface area contributed by atoms with Gasteiger partial charge in [-0.05, 0) is 41.5 Å². The van der Waals surface area contributed by atoms with Crippen LogP contribution in [0.1, 0.15) is 11.1 Å². The molecule has 0 bridgehead atoms. The lowest BCUT2D eigenvalue weighted by Gasteiger charge is -2.11. The van der Waals surface area contributed by atoms with E-state index < -0.39 is 11.9 Å². The van der Waals surface area contributed by atoms with Crippen LogP contribution in [0.4, 0.5) is 9.18 Å². The fraction of sp³-hybridized carbons (Fsp3) is 0.0588. The third-order valence-electron chi connectivity index (χ3n) is 3.47. The number of urea groups is 1. The molecule has 1 fully saturated rings. The first-order valence-electron chi connectivity index (χ1n) is 6.98. The number of carbonyl (C=O) groups is 2. The van der Waals surface area contributed by atoms with Crippen molar-refractivity contribution in [3.05, 3.63) is 75.2 Å². The van der Waals surface area contributed by atoms with Gasteiger partial charge in [-0.2, -0.15) is 0 Å². The summed E-state index contributed by atoms with van der Waals surface area (Å²) in [4.78, 5) is 25.4. The highest BCUT2D eigenvalue weighted by Gasteiger charge is 2.33. The molecular formula is C17H11Cl2FN2O2. The maximum Gasteiger partial charge on any atom is 0.329 e. The Balaban J connectivity index is 1.81. The summed E-state index contributed by atoms with van der Waals surface area (Å²) >= 11 is 11.8. The highest BCUT2D eigenvalue weighted by Crippen LogP contribution is 2.24. The lowest BCUT2D eigenvalue weighted by atomic mass is 10.2. The number of halogens is 3. The molecule has 2 aromatic rings. The Morgan fingerprint density at radius 3 is 2.42 bits per heavy atom. The van der Waals surface area contributed by atoms with Gasteiger partial charge in [0.2, 0.25) is 0 Å². The van der Waals surface area contributed by atoms with Crippen molar-refractivity contribution in [2.75, 3.05) is 0 Å². The second kappa shape index (κ2) is 6.63. The Hall–Kier alpha value is -2.37. The number of amides is 3. The smallest absolute Gasteiger partial charge is 0.303 e. The molecule has 3 rings (SSSR count). The van der Waals surface area contributed by atoms with Gasteiger partial charge in [-0.15, -0.1) is 0 Å². The third-order valence-corrected chi connectivity index (χ3v) is 4.21. The van der Waals surface area contributed by atoms with Gasteiger partial charge in [-0.3, -0.25) is 9.69 Å². The molecule has 1 N–H and O–H groups in total. The zero-order valence-corrected chi connectivity index (χ0v) is 13.7. The van der Waals surface area contributed by atoms with Gasteiger partial charge in [0.15, 0.2) is 0 Å². The Labute approximate surface area is 147 Å². The molecule has 1 aliphatic heterocycles. The lowest BCUT2D eigenvalue weighted by molar-refractivity contribution is -0.123. The van der Waals surface area contributed by atoms with Gasteiger partial charge < -0.3 is 5.32 Å². The molecule has 24 heavy (non-hydrogen) atoms. The minimum absolute atomic E-state index is 0.0592. The number of rotatable bonds is 3. The molecule has 0 radical (unpaired) electrons. The zero-order valence-electron chi connectivity index (χ0n) is 12.2. The average molecular weight is 365 g/mol. The lowest BCUT2D eigenvalue weighted by Crippen LogP contribution is -2.30. The van der Waals surface area contributed by atoms with E-state index >= 15 is 0 Å². The number of hydrogen-bond acceptors (Lipinski definition) is 2. The molecule has 3 amide bonds. The summed E-state index contributed by atoms with van der Waals surface area (Å²) in [6.45, 7) is 0.0592. The molecule has 0 saturated carbocycles. The Bertz CT molecular complexity index is 850. The summed E-state index contributed by atoms with van der Waals surface area (Å²) < 4.78 is 12.9. The zero-order chi connectivity index (χ0) is 17.3. The number of nitrogens with one attached hydrogen (secondary N) is 1. The van der Waals surface area contributed by atoms with E-state index in [-0.39, 0.29) is 18.1 Å². The van der Waals surface area contributed by atoms with Crippen molar-refractivity contribution < 1.29 is 14.0 Å². The van der Waals surface area contributed by atoms with Crippen molar-refractivity contribution in [1.29, 1.82) is 0 Å². The van der Waals surface area contributed by atoms with Crippen molar-refractivity contribution in [1.82, 2.24) is 10.2 Å². The summed E-state index contributed by atoms with van der Waals surface area (Å²) in [5.41, 5.74) is 1.42. The SMILES string of the molecule is O=C1N/C(=C/c2ccc(Cl)c(Cl)c2)C(=O)N1Cc1ccc(F)cc1. The minimum atomic E-state index is -0.532. The maximum absolute atomic E-state index is 12.9. The highest BCUT2D eigenvalue weighted by atomic mass is 35.5. The second-order valence-corrected chi connectivity index (χ2v) is 5.99. The van der Waals surface area contributed by atoms with Crippen LogP contribution in [-0.2, 0) is 11.3 Å². The molecule has 2 aromatic carbocycles. The molecule has 1 saturated heterocycles. The van der Waals surface area contributed by atoms with E-state index in [4.69, 9.17) is 23.2 Å². The van der Waals surface area contributed by atoms with Crippen LogP contribution < -0.4 is 5.32 Å². The molecule has 0 aromatic heterocycles. The van der Waals surface area contributed by atoms with Gasteiger partial charge in [0.05, 0.1) is 16.6 Å². The number of nitrogens with zero attached hydrogens (tertiary/aromatic N) is 1. The van der Waals surface area contributed by atoms with Gasteiger partial charge in [-0.25, -0.2) is 9.18 Å². The Morgan fingerprint density at radius 1 is 1.04 bits per heavy atom. The first-order valence-corrected chi connectivity index (χ1v) is 7.73. The van der Waals surface area contributed by atoms with Crippen LogP contribution in [0.5, 0.6) is 0 Å².